The van der Waals surface area contributed by atoms with Crippen LogP contribution in [0, 0.1) is 18.6 Å². The molecule has 2 atom stereocenters. The van der Waals surface area contributed by atoms with Crippen molar-refractivity contribution in [2.24, 2.45) is 0 Å². The Bertz CT molecular complexity index is 1220. The molecule has 1 saturated carbocycles. The summed E-state index contributed by atoms with van der Waals surface area (Å²) < 4.78 is 58.7. The van der Waals surface area contributed by atoms with E-state index in [1.54, 1.807) is 6.33 Å². The highest BCUT2D eigenvalue weighted by Crippen LogP contribution is 2.31. The number of nitrogens with zero attached hydrogens (tertiary/aromatic N) is 4. The van der Waals surface area contributed by atoms with E-state index in [0.29, 0.717) is 12.8 Å². The number of hydrogen-bond acceptors (Lipinski definition) is 5. The van der Waals surface area contributed by atoms with Gasteiger partial charge in [0.05, 0.1) is 4.90 Å². The van der Waals surface area contributed by atoms with E-state index in [1.165, 1.54) is 18.3 Å². The Balaban J connectivity index is 1.52. The molecular formula is C20H20ClF2N5O2S. The second-order valence-electron chi connectivity index (χ2n) is 7.56. The van der Waals surface area contributed by atoms with E-state index in [2.05, 4.69) is 19.9 Å². The minimum absolute atomic E-state index is 0.0304. The predicted molar refractivity (Wildman–Crippen MR) is 111 cm³/mol. The van der Waals surface area contributed by atoms with Crippen molar-refractivity contribution in [1.82, 2.24) is 24.5 Å². The zero-order chi connectivity index (χ0) is 22.2. The maximum absolute atomic E-state index is 14.7. The monoisotopic (exact) mass is 467 g/mol. The van der Waals surface area contributed by atoms with Gasteiger partial charge in [-0.2, -0.15) is 0 Å². The Hall–Kier alpha value is -2.43. The lowest BCUT2D eigenvalue weighted by Crippen LogP contribution is -2.39. The number of rotatable bonds is 5. The molecule has 31 heavy (non-hydrogen) atoms. The van der Waals surface area contributed by atoms with Crippen molar-refractivity contribution in [3.63, 3.8) is 0 Å². The van der Waals surface area contributed by atoms with Crippen LogP contribution in [-0.4, -0.2) is 34.2 Å². The van der Waals surface area contributed by atoms with Gasteiger partial charge in [-0.05, 0) is 50.8 Å². The van der Waals surface area contributed by atoms with Gasteiger partial charge in [0, 0.05) is 29.4 Å². The van der Waals surface area contributed by atoms with Gasteiger partial charge in [0.1, 0.15) is 18.0 Å². The number of hydrogen-bond donors (Lipinski definition) is 1. The van der Waals surface area contributed by atoms with Crippen LogP contribution in [0.2, 0.25) is 5.15 Å². The number of halogens is 3. The molecule has 2 unspecified atom stereocenters. The van der Waals surface area contributed by atoms with Crippen molar-refractivity contribution in [3.8, 4) is 11.1 Å². The quantitative estimate of drug-likeness (QED) is 0.572. The summed E-state index contributed by atoms with van der Waals surface area (Å²) in [6, 6.07) is 4.37. The molecule has 1 fully saturated rings. The summed E-state index contributed by atoms with van der Waals surface area (Å²) >= 11 is 5.56. The van der Waals surface area contributed by atoms with Crippen LogP contribution in [0.15, 0.2) is 41.7 Å². The third-order valence-corrected chi connectivity index (χ3v) is 7.27. The van der Waals surface area contributed by atoms with Gasteiger partial charge >= 0.3 is 0 Å². The molecule has 0 amide bonds. The van der Waals surface area contributed by atoms with Crippen LogP contribution in [0.5, 0.6) is 0 Å². The second-order valence-corrected chi connectivity index (χ2v) is 9.63. The molecule has 1 aliphatic rings. The Morgan fingerprint density at radius 3 is 2.68 bits per heavy atom. The molecule has 0 aliphatic heterocycles. The lowest BCUT2D eigenvalue weighted by molar-refractivity contribution is 0.302. The van der Waals surface area contributed by atoms with E-state index in [9.17, 15) is 17.2 Å². The summed E-state index contributed by atoms with van der Waals surface area (Å²) in [6.07, 6.45) is 5.91. The summed E-state index contributed by atoms with van der Waals surface area (Å²) in [5.41, 5.74) is 0.193. The largest absolute Gasteiger partial charge is 0.315 e. The average molecular weight is 468 g/mol. The van der Waals surface area contributed by atoms with E-state index in [1.807, 2.05) is 11.5 Å². The fourth-order valence-electron chi connectivity index (χ4n) is 3.94. The minimum Gasteiger partial charge on any atom is -0.315 e. The first-order valence-electron chi connectivity index (χ1n) is 9.74. The maximum atomic E-state index is 14.7. The van der Waals surface area contributed by atoms with Gasteiger partial charge in [-0.25, -0.2) is 26.9 Å². The van der Waals surface area contributed by atoms with Gasteiger partial charge in [0.15, 0.2) is 11.0 Å². The summed E-state index contributed by atoms with van der Waals surface area (Å²) in [4.78, 5) is 3.47. The lowest BCUT2D eigenvalue weighted by atomic mass is 9.91. The van der Waals surface area contributed by atoms with Crippen LogP contribution in [0.1, 0.15) is 37.5 Å². The molecule has 0 bridgehead atoms. The van der Waals surface area contributed by atoms with Crippen molar-refractivity contribution < 1.29 is 17.2 Å². The molecule has 1 N–H and O–H groups in total. The zero-order valence-electron chi connectivity index (χ0n) is 16.6. The predicted octanol–water partition coefficient (Wildman–Crippen LogP) is 4.04. The van der Waals surface area contributed by atoms with E-state index in [-0.39, 0.29) is 33.3 Å². The number of nitrogens with one attached hydrogen (secondary N) is 1. The summed E-state index contributed by atoms with van der Waals surface area (Å²) in [7, 11) is -3.94. The maximum Gasteiger partial charge on any atom is 0.240 e. The van der Waals surface area contributed by atoms with E-state index >= 15 is 0 Å². The van der Waals surface area contributed by atoms with Gasteiger partial charge in [0.2, 0.25) is 10.0 Å². The van der Waals surface area contributed by atoms with E-state index < -0.39 is 21.7 Å². The fraction of sp³-hybridized carbons (Fsp3) is 0.350. The van der Waals surface area contributed by atoms with Crippen LogP contribution < -0.4 is 4.72 Å². The molecule has 7 nitrogen and oxygen atoms in total. The van der Waals surface area contributed by atoms with E-state index in [4.69, 9.17) is 11.6 Å². The van der Waals surface area contributed by atoms with Crippen LogP contribution in [-0.2, 0) is 10.0 Å². The first-order valence-corrected chi connectivity index (χ1v) is 11.6. The summed E-state index contributed by atoms with van der Waals surface area (Å²) in [6.45, 7) is 1.85. The van der Waals surface area contributed by atoms with Crippen molar-refractivity contribution in [1.29, 1.82) is 0 Å². The Kier molecular flexibility index (Phi) is 6.05. The zero-order valence-corrected chi connectivity index (χ0v) is 18.2. The molecule has 1 aromatic carbocycles. The van der Waals surface area contributed by atoms with Crippen molar-refractivity contribution >= 4 is 21.6 Å². The van der Waals surface area contributed by atoms with Gasteiger partial charge in [-0.3, -0.25) is 0 Å². The van der Waals surface area contributed by atoms with Crippen molar-refractivity contribution in [3.05, 3.63) is 59.4 Å². The average Bonchev–Trinajstić information content (AvgIpc) is 3.16. The molecule has 2 aromatic heterocycles. The van der Waals surface area contributed by atoms with Crippen LogP contribution >= 0.6 is 11.6 Å². The number of sulfonamides is 1. The normalized spacial score (nSPS) is 19.5. The molecule has 0 radical (unpaired) electrons. The number of benzene rings is 1. The highest BCUT2D eigenvalue weighted by atomic mass is 35.5. The second kappa shape index (κ2) is 8.60. The van der Waals surface area contributed by atoms with Gasteiger partial charge in [-0.15, -0.1) is 10.2 Å². The molecule has 11 heteroatoms. The highest BCUT2D eigenvalue weighted by Gasteiger charge is 2.28. The van der Waals surface area contributed by atoms with Crippen LogP contribution in [0.4, 0.5) is 8.78 Å². The molecule has 0 spiro atoms. The molecule has 3 aromatic rings. The summed E-state index contributed by atoms with van der Waals surface area (Å²) in [5.74, 6) is -0.806. The Morgan fingerprint density at radius 2 is 2.00 bits per heavy atom. The van der Waals surface area contributed by atoms with Gasteiger partial charge in [-0.1, -0.05) is 17.7 Å². The van der Waals surface area contributed by atoms with Crippen LogP contribution in [0.3, 0.4) is 0 Å². The number of aromatic nitrogens is 4. The summed E-state index contributed by atoms with van der Waals surface area (Å²) in [5, 5.41) is 7.56. The fourth-order valence-corrected chi connectivity index (χ4v) is 5.33. The molecule has 0 saturated heterocycles. The molecule has 164 valence electrons. The van der Waals surface area contributed by atoms with Gasteiger partial charge < -0.3 is 4.57 Å². The molecule has 2 heterocycles. The molecular weight excluding hydrogens is 448 g/mol. The van der Waals surface area contributed by atoms with Crippen molar-refractivity contribution in [2.45, 2.75) is 49.6 Å². The van der Waals surface area contributed by atoms with E-state index in [0.717, 1.165) is 30.8 Å². The third-order valence-electron chi connectivity index (χ3n) is 5.47. The van der Waals surface area contributed by atoms with Gasteiger partial charge in [0.25, 0.3) is 0 Å². The first kappa shape index (κ1) is 21.8. The highest BCUT2D eigenvalue weighted by molar-refractivity contribution is 7.89. The smallest absolute Gasteiger partial charge is 0.240 e. The van der Waals surface area contributed by atoms with Crippen molar-refractivity contribution in [2.75, 3.05) is 0 Å². The lowest BCUT2D eigenvalue weighted by Gasteiger charge is -2.30. The number of aryl methyl sites for hydroxylation is 1. The SMILES string of the molecule is Cc1nncn1C1CCCC(NS(=O)(=O)c2ccc(-c3cnc(Cl)c(F)c3)c(F)c2)C1. The number of pyridine rings is 1. The third kappa shape index (κ3) is 4.60. The topological polar surface area (TPSA) is 89.8 Å². The van der Waals surface area contributed by atoms with Crippen LogP contribution in [0.25, 0.3) is 11.1 Å². The first-order chi connectivity index (χ1) is 14.7. The Morgan fingerprint density at radius 1 is 1.19 bits per heavy atom. The Labute approximate surface area is 183 Å². The molecule has 4 rings (SSSR count). The molecule has 1 aliphatic carbocycles. The standard InChI is InChI=1S/C20H20ClF2N5O2S/c1-12-26-25-11-28(12)15-4-2-3-14(8-15)27-31(29,30)16-5-6-17(18(22)9-16)13-7-19(23)20(21)24-10-13/h5-7,9-11,14-15,27H,2-4,8H2,1H3. The minimum atomic E-state index is -3.94.